The first-order valence-corrected chi connectivity index (χ1v) is 34.8. The molecule has 0 aromatic carbocycles. The molecule has 0 amide bonds. The number of hydrogen-bond donors (Lipinski definition) is 0. The molecule has 6 nitrogen and oxygen atoms in total. The van der Waals surface area contributed by atoms with Crippen molar-refractivity contribution in [3.05, 3.63) is 24.3 Å². The van der Waals surface area contributed by atoms with E-state index in [4.69, 9.17) is 14.2 Å². The number of ether oxygens (including phenoxy) is 3. The van der Waals surface area contributed by atoms with E-state index in [2.05, 4.69) is 45.1 Å². The maximum absolute atomic E-state index is 12.9. The highest BCUT2D eigenvalue weighted by atomic mass is 16.6. The Morgan fingerprint density at radius 3 is 0.649 bits per heavy atom. The van der Waals surface area contributed by atoms with E-state index in [9.17, 15) is 14.4 Å². The van der Waals surface area contributed by atoms with Crippen LogP contribution in [0, 0.1) is 0 Å². The zero-order valence-corrected chi connectivity index (χ0v) is 52.3. The number of esters is 3. The number of rotatable bonds is 65. The second kappa shape index (κ2) is 66.4. The summed E-state index contributed by atoms with van der Waals surface area (Å²) < 4.78 is 17.0. The molecular weight excluding hydrogens is 949 g/mol. The highest BCUT2D eigenvalue weighted by molar-refractivity contribution is 5.71. The number of hydrogen-bond acceptors (Lipinski definition) is 6. The summed E-state index contributed by atoms with van der Waals surface area (Å²) in [6.45, 7) is 6.70. The van der Waals surface area contributed by atoms with Crippen LogP contribution in [0.25, 0.3) is 0 Å². The van der Waals surface area contributed by atoms with Crippen LogP contribution in [0.5, 0.6) is 0 Å². The quantitative estimate of drug-likeness (QED) is 0.0261. The molecular formula is C71H134O6. The van der Waals surface area contributed by atoms with Gasteiger partial charge in [-0.1, -0.05) is 328 Å². The fraction of sp³-hybridized carbons (Fsp3) is 0.901. The van der Waals surface area contributed by atoms with Gasteiger partial charge in [-0.05, 0) is 70.6 Å². The molecule has 1 atom stereocenters. The lowest BCUT2D eigenvalue weighted by Gasteiger charge is -2.18. The Labute approximate surface area is 481 Å². The van der Waals surface area contributed by atoms with Crippen molar-refractivity contribution in [3.63, 3.8) is 0 Å². The average molecular weight is 1080 g/mol. The van der Waals surface area contributed by atoms with Crippen molar-refractivity contribution in [3.8, 4) is 0 Å². The molecule has 0 aromatic heterocycles. The molecule has 0 aliphatic carbocycles. The van der Waals surface area contributed by atoms with Gasteiger partial charge in [0.05, 0.1) is 0 Å². The molecule has 0 aliphatic heterocycles. The Balaban J connectivity index is 4.15. The molecule has 0 bridgehead atoms. The molecule has 0 saturated heterocycles. The lowest BCUT2D eigenvalue weighted by atomic mass is 10.0. The lowest BCUT2D eigenvalue weighted by molar-refractivity contribution is -0.167. The lowest BCUT2D eigenvalue weighted by Crippen LogP contribution is -2.30. The summed E-state index contributed by atoms with van der Waals surface area (Å²) in [5.41, 5.74) is 0. The Kier molecular flexibility index (Phi) is 64.6. The van der Waals surface area contributed by atoms with E-state index in [0.717, 1.165) is 57.8 Å². The fourth-order valence-electron chi connectivity index (χ4n) is 10.7. The van der Waals surface area contributed by atoms with Crippen LogP contribution in [0.3, 0.4) is 0 Å². The highest BCUT2D eigenvalue weighted by Crippen LogP contribution is 2.18. The normalized spacial score (nSPS) is 12.1. The Morgan fingerprint density at radius 2 is 0.429 bits per heavy atom. The van der Waals surface area contributed by atoms with Gasteiger partial charge in [0.1, 0.15) is 13.2 Å². The molecule has 0 aromatic rings. The van der Waals surface area contributed by atoms with E-state index in [1.54, 1.807) is 0 Å². The SMILES string of the molecule is CCCCCCCCC/C=C\CCCCCCCCCC(=O)OC(COC(=O)CCCCCCCCCCCCCC)COC(=O)CCCCCCCCCCCCCCCCCCC/C=C\CCCCCCCCCC. The maximum atomic E-state index is 12.9. The van der Waals surface area contributed by atoms with Gasteiger partial charge in [-0.25, -0.2) is 0 Å². The summed E-state index contributed by atoms with van der Waals surface area (Å²) in [6, 6.07) is 0. The number of carbonyl (C=O) groups is 3. The van der Waals surface area contributed by atoms with E-state index >= 15 is 0 Å². The summed E-state index contributed by atoms with van der Waals surface area (Å²) >= 11 is 0. The topological polar surface area (TPSA) is 78.9 Å². The highest BCUT2D eigenvalue weighted by Gasteiger charge is 2.19. The maximum Gasteiger partial charge on any atom is 0.306 e. The van der Waals surface area contributed by atoms with Gasteiger partial charge < -0.3 is 14.2 Å². The molecule has 6 heteroatoms. The molecule has 1 unspecified atom stereocenters. The predicted octanol–water partition coefficient (Wildman–Crippen LogP) is 23.8. The summed E-state index contributed by atoms with van der Waals surface area (Å²) in [6.07, 6.45) is 80.7. The van der Waals surface area contributed by atoms with Crippen molar-refractivity contribution in [1.29, 1.82) is 0 Å². The molecule has 0 saturated carbocycles. The summed E-state index contributed by atoms with van der Waals surface area (Å²) in [5.74, 6) is -0.842. The van der Waals surface area contributed by atoms with Crippen LogP contribution in [0.4, 0.5) is 0 Å². The second-order valence-corrected chi connectivity index (χ2v) is 23.8. The van der Waals surface area contributed by atoms with E-state index in [1.807, 2.05) is 0 Å². The van der Waals surface area contributed by atoms with Gasteiger partial charge in [0.25, 0.3) is 0 Å². The Morgan fingerprint density at radius 1 is 0.247 bits per heavy atom. The third-order valence-electron chi connectivity index (χ3n) is 15.9. The summed E-state index contributed by atoms with van der Waals surface area (Å²) in [7, 11) is 0. The first-order chi connectivity index (χ1) is 38.0. The van der Waals surface area contributed by atoms with E-state index in [1.165, 1.54) is 295 Å². The van der Waals surface area contributed by atoms with Gasteiger partial charge in [-0.15, -0.1) is 0 Å². The van der Waals surface area contributed by atoms with Crippen LogP contribution in [-0.4, -0.2) is 37.2 Å². The summed E-state index contributed by atoms with van der Waals surface area (Å²) in [5, 5.41) is 0. The molecule has 0 N–H and O–H groups in total. The van der Waals surface area contributed by atoms with E-state index in [-0.39, 0.29) is 31.1 Å². The van der Waals surface area contributed by atoms with Gasteiger partial charge in [-0.3, -0.25) is 14.4 Å². The van der Waals surface area contributed by atoms with Gasteiger partial charge in [-0.2, -0.15) is 0 Å². The van der Waals surface area contributed by atoms with Gasteiger partial charge >= 0.3 is 17.9 Å². The van der Waals surface area contributed by atoms with Crippen LogP contribution in [0.2, 0.25) is 0 Å². The van der Waals surface area contributed by atoms with Crippen molar-refractivity contribution in [2.24, 2.45) is 0 Å². The molecule has 0 spiro atoms. The van der Waals surface area contributed by atoms with Crippen LogP contribution >= 0.6 is 0 Å². The number of allylic oxidation sites excluding steroid dienone is 4. The molecule has 454 valence electrons. The van der Waals surface area contributed by atoms with Crippen LogP contribution in [-0.2, 0) is 28.6 Å². The molecule has 0 heterocycles. The summed E-state index contributed by atoms with van der Waals surface area (Å²) in [4.78, 5) is 38.3. The molecule has 77 heavy (non-hydrogen) atoms. The second-order valence-electron chi connectivity index (χ2n) is 23.8. The fourth-order valence-corrected chi connectivity index (χ4v) is 10.7. The third kappa shape index (κ3) is 64.6. The Bertz CT molecular complexity index is 1240. The molecule has 0 aliphatic rings. The zero-order valence-electron chi connectivity index (χ0n) is 52.3. The molecule has 0 radical (unpaired) electrons. The largest absolute Gasteiger partial charge is 0.462 e. The minimum Gasteiger partial charge on any atom is -0.462 e. The van der Waals surface area contributed by atoms with Crippen molar-refractivity contribution >= 4 is 17.9 Å². The van der Waals surface area contributed by atoms with E-state index in [0.29, 0.717) is 19.3 Å². The number of carbonyl (C=O) groups excluding carboxylic acids is 3. The van der Waals surface area contributed by atoms with Crippen molar-refractivity contribution in [2.45, 2.75) is 399 Å². The Hall–Kier alpha value is -2.11. The van der Waals surface area contributed by atoms with Crippen molar-refractivity contribution < 1.29 is 28.6 Å². The minimum atomic E-state index is -0.770. The third-order valence-corrected chi connectivity index (χ3v) is 15.9. The first-order valence-electron chi connectivity index (χ1n) is 34.8. The monoisotopic (exact) mass is 1080 g/mol. The zero-order chi connectivity index (χ0) is 55.7. The van der Waals surface area contributed by atoms with E-state index < -0.39 is 6.10 Å². The molecule has 0 rings (SSSR count). The smallest absolute Gasteiger partial charge is 0.306 e. The number of unbranched alkanes of at least 4 members (excludes halogenated alkanes) is 50. The van der Waals surface area contributed by atoms with Crippen LogP contribution < -0.4 is 0 Å². The standard InChI is InChI=1S/C71H134O6/c1-4-7-10-13-16-19-22-25-27-29-31-32-33-34-35-36-37-38-39-40-41-43-44-46-49-52-55-58-61-64-70(73)76-67-68(66-75-69(72)63-60-57-54-51-48-24-21-18-15-12-9-6-3)77-71(74)65-62-59-56-53-50-47-45-42-30-28-26-23-20-17-14-11-8-5-2/h28-31,68H,4-27,32-67H2,1-3H3/b30-28-,31-29-. The van der Waals surface area contributed by atoms with Crippen molar-refractivity contribution in [1.82, 2.24) is 0 Å². The minimum absolute atomic E-state index is 0.0670. The first kappa shape index (κ1) is 74.9. The van der Waals surface area contributed by atoms with Gasteiger partial charge in [0.2, 0.25) is 0 Å². The molecule has 0 fully saturated rings. The van der Waals surface area contributed by atoms with Gasteiger partial charge in [0.15, 0.2) is 6.10 Å². The average Bonchev–Trinajstić information content (AvgIpc) is 3.43. The van der Waals surface area contributed by atoms with Crippen LogP contribution in [0.1, 0.15) is 393 Å². The van der Waals surface area contributed by atoms with Gasteiger partial charge in [0, 0.05) is 19.3 Å². The van der Waals surface area contributed by atoms with Crippen molar-refractivity contribution in [2.75, 3.05) is 13.2 Å². The predicted molar refractivity (Wildman–Crippen MR) is 335 cm³/mol. The van der Waals surface area contributed by atoms with Crippen LogP contribution in [0.15, 0.2) is 24.3 Å².